The molecule has 0 aromatic rings. The zero-order chi connectivity index (χ0) is 60.6. The summed E-state index contributed by atoms with van der Waals surface area (Å²) in [5.74, 6) is -0.0181. The molecule has 0 aliphatic heterocycles. The number of ether oxygens (including phenoxy) is 1. The van der Waals surface area contributed by atoms with E-state index in [1.54, 1.807) is 0 Å². The van der Waals surface area contributed by atoms with Crippen LogP contribution in [-0.2, 0) is 14.3 Å². The minimum atomic E-state index is -0.663. The van der Waals surface area contributed by atoms with E-state index in [0.717, 1.165) is 44.9 Å². The molecular weight excluding hydrogens is 1030 g/mol. The van der Waals surface area contributed by atoms with Crippen LogP contribution in [0.5, 0.6) is 0 Å². The maximum Gasteiger partial charge on any atom is 0.305 e. The largest absolute Gasteiger partial charge is 0.466 e. The molecule has 1 amide bonds. The van der Waals surface area contributed by atoms with Crippen molar-refractivity contribution in [1.29, 1.82) is 0 Å². The molecule has 84 heavy (non-hydrogen) atoms. The summed E-state index contributed by atoms with van der Waals surface area (Å²) in [5.41, 5.74) is 0. The average Bonchev–Trinajstić information content (AvgIpc) is 3.51. The molecule has 0 aliphatic carbocycles. The van der Waals surface area contributed by atoms with Gasteiger partial charge in [-0.1, -0.05) is 378 Å². The summed E-state index contributed by atoms with van der Waals surface area (Å²) in [6.07, 6.45) is 94.1. The van der Waals surface area contributed by atoms with Crippen LogP contribution in [0.25, 0.3) is 0 Å². The Balaban J connectivity index is 3.36. The number of rotatable bonds is 73. The van der Waals surface area contributed by atoms with Crippen molar-refractivity contribution in [3.63, 3.8) is 0 Å². The summed E-state index contributed by atoms with van der Waals surface area (Å²) in [5, 5.41) is 23.5. The highest BCUT2D eigenvalue weighted by molar-refractivity contribution is 5.76. The van der Waals surface area contributed by atoms with Crippen LogP contribution in [-0.4, -0.2) is 47.4 Å². The number of esters is 1. The number of unbranched alkanes of at least 4 members (excludes halogenated alkanes) is 58. The lowest BCUT2D eigenvalue weighted by molar-refractivity contribution is -0.143. The summed E-state index contributed by atoms with van der Waals surface area (Å²) < 4.78 is 5.47. The Morgan fingerprint density at radius 2 is 0.571 bits per heavy atom. The van der Waals surface area contributed by atoms with Gasteiger partial charge in [0.05, 0.1) is 25.4 Å². The zero-order valence-corrected chi connectivity index (χ0v) is 57.2. The number of carbonyl (C=O) groups is 2. The number of hydrogen-bond donors (Lipinski definition) is 3. The third-order valence-corrected chi connectivity index (χ3v) is 18.2. The molecule has 0 fully saturated rings. The van der Waals surface area contributed by atoms with Gasteiger partial charge >= 0.3 is 5.97 Å². The van der Waals surface area contributed by atoms with Crippen LogP contribution in [0.4, 0.5) is 0 Å². The summed E-state index contributed by atoms with van der Waals surface area (Å²) in [4.78, 5) is 24.6. The lowest BCUT2D eigenvalue weighted by Crippen LogP contribution is -2.45. The number of amides is 1. The van der Waals surface area contributed by atoms with Crippen LogP contribution in [0.3, 0.4) is 0 Å². The van der Waals surface area contributed by atoms with E-state index in [1.807, 2.05) is 0 Å². The van der Waals surface area contributed by atoms with E-state index in [4.69, 9.17) is 4.74 Å². The van der Waals surface area contributed by atoms with Crippen molar-refractivity contribution >= 4 is 11.9 Å². The van der Waals surface area contributed by atoms with Gasteiger partial charge in [0.2, 0.25) is 5.91 Å². The Morgan fingerprint density at radius 3 is 0.881 bits per heavy atom. The highest BCUT2D eigenvalue weighted by atomic mass is 16.5. The molecule has 2 atom stereocenters. The smallest absolute Gasteiger partial charge is 0.305 e. The lowest BCUT2D eigenvalue weighted by atomic mass is 10.0. The van der Waals surface area contributed by atoms with Crippen molar-refractivity contribution < 1.29 is 24.5 Å². The molecular formula is C78H151NO5. The van der Waals surface area contributed by atoms with Crippen molar-refractivity contribution in [2.75, 3.05) is 13.2 Å². The molecule has 0 aliphatic rings. The van der Waals surface area contributed by atoms with E-state index in [1.165, 1.54) is 360 Å². The molecule has 498 valence electrons. The number of hydrogen-bond acceptors (Lipinski definition) is 5. The number of carbonyl (C=O) groups excluding carboxylic acids is 2. The molecule has 0 saturated heterocycles. The number of aliphatic hydroxyl groups excluding tert-OH is 2. The Hall–Kier alpha value is -1.66. The Morgan fingerprint density at radius 1 is 0.321 bits per heavy atom. The molecule has 0 rings (SSSR count). The van der Waals surface area contributed by atoms with Crippen LogP contribution in [0.1, 0.15) is 438 Å². The van der Waals surface area contributed by atoms with Crippen LogP contribution < -0.4 is 5.32 Å². The van der Waals surface area contributed by atoms with E-state index < -0.39 is 12.1 Å². The van der Waals surface area contributed by atoms with Crippen molar-refractivity contribution in [1.82, 2.24) is 5.32 Å². The van der Waals surface area contributed by atoms with Crippen molar-refractivity contribution in [2.24, 2.45) is 0 Å². The van der Waals surface area contributed by atoms with Gasteiger partial charge in [0.25, 0.3) is 0 Å². The first-order valence-corrected chi connectivity index (χ1v) is 38.6. The lowest BCUT2D eigenvalue weighted by Gasteiger charge is -2.22. The first-order chi connectivity index (χ1) is 41.5. The number of nitrogens with one attached hydrogen (secondary N) is 1. The highest BCUT2D eigenvalue weighted by Crippen LogP contribution is 2.20. The second-order valence-corrected chi connectivity index (χ2v) is 26.7. The van der Waals surface area contributed by atoms with Gasteiger partial charge in [0, 0.05) is 12.8 Å². The van der Waals surface area contributed by atoms with E-state index >= 15 is 0 Å². The summed E-state index contributed by atoms with van der Waals surface area (Å²) in [6.45, 7) is 4.96. The van der Waals surface area contributed by atoms with Crippen LogP contribution in [0, 0.1) is 0 Å². The standard InChI is InChI=1S/C78H151NO5/c1-3-5-7-9-11-13-15-16-17-18-19-20-32-35-38-41-44-47-51-54-58-62-66-70-76(81)75(74-80)79-77(82)71-67-63-59-55-52-48-45-42-39-36-33-30-28-26-24-22-21-23-25-27-29-31-34-37-40-43-46-49-53-57-61-65-69-73-84-78(83)72-68-64-60-56-50-14-12-10-8-6-4-2/h10,12,25,27,75-76,80-81H,3-9,11,13-24,26,28-74H2,1-2H3,(H,79,82)/b12-10-,27-25-. The van der Waals surface area contributed by atoms with Gasteiger partial charge in [0.15, 0.2) is 0 Å². The fourth-order valence-corrected chi connectivity index (χ4v) is 12.3. The van der Waals surface area contributed by atoms with Crippen molar-refractivity contribution in [2.45, 2.75) is 450 Å². The Kier molecular flexibility index (Phi) is 72.3. The normalized spacial score (nSPS) is 12.6. The molecule has 3 N–H and O–H groups in total. The third-order valence-electron chi connectivity index (χ3n) is 18.2. The Bertz CT molecular complexity index is 1320. The summed E-state index contributed by atoms with van der Waals surface area (Å²) in [7, 11) is 0. The maximum absolute atomic E-state index is 12.6. The zero-order valence-electron chi connectivity index (χ0n) is 57.2. The topological polar surface area (TPSA) is 95.9 Å². The van der Waals surface area contributed by atoms with Crippen LogP contribution in [0.2, 0.25) is 0 Å². The highest BCUT2D eigenvalue weighted by Gasteiger charge is 2.20. The predicted molar refractivity (Wildman–Crippen MR) is 370 cm³/mol. The quantitative estimate of drug-likeness (QED) is 0.0320. The average molecular weight is 1180 g/mol. The van der Waals surface area contributed by atoms with Gasteiger partial charge < -0.3 is 20.3 Å². The fourth-order valence-electron chi connectivity index (χ4n) is 12.3. The van der Waals surface area contributed by atoms with Gasteiger partial charge in [-0.15, -0.1) is 0 Å². The van der Waals surface area contributed by atoms with Crippen LogP contribution >= 0.6 is 0 Å². The molecule has 6 nitrogen and oxygen atoms in total. The minimum absolute atomic E-state index is 0.00831. The minimum Gasteiger partial charge on any atom is -0.466 e. The van der Waals surface area contributed by atoms with E-state index in [9.17, 15) is 19.8 Å². The first-order valence-electron chi connectivity index (χ1n) is 38.6. The number of allylic oxidation sites excluding steroid dienone is 4. The molecule has 0 radical (unpaired) electrons. The van der Waals surface area contributed by atoms with Gasteiger partial charge in [-0.3, -0.25) is 9.59 Å². The Labute approximate surface area is 526 Å². The van der Waals surface area contributed by atoms with Gasteiger partial charge in [-0.2, -0.15) is 0 Å². The van der Waals surface area contributed by atoms with Crippen molar-refractivity contribution in [3.05, 3.63) is 24.3 Å². The molecule has 6 heteroatoms. The monoisotopic (exact) mass is 1180 g/mol. The fraction of sp³-hybridized carbons (Fsp3) is 0.923. The third kappa shape index (κ3) is 69.4. The summed E-state index contributed by atoms with van der Waals surface area (Å²) >= 11 is 0. The summed E-state index contributed by atoms with van der Waals surface area (Å²) in [6, 6.07) is -0.540. The molecule has 0 aromatic heterocycles. The van der Waals surface area contributed by atoms with E-state index in [-0.39, 0.29) is 18.5 Å². The molecule has 2 unspecified atom stereocenters. The van der Waals surface area contributed by atoms with Gasteiger partial charge in [-0.05, 0) is 70.6 Å². The molecule has 0 heterocycles. The first kappa shape index (κ1) is 82.3. The van der Waals surface area contributed by atoms with Crippen molar-refractivity contribution in [3.8, 4) is 0 Å². The van der Waals surface area contributed by atoms with E-state index in [2.05, 4.69) is 43.5 Å². The second-order valence-electron chi connectivity index (χ2n) is 26.7. The predicted octanol–water partition coefficient (Wildman–Crippen LogP) is 25.3. The molecule has 0 spiro atoms. The second kappa shape index (κ2) is 73.8. The molecule has 0 bridgehead atoms. The van der Waals surface area contributed by atoms with Crippen LogP contribution in [0.15, 0.2) is 24.3 Å². The SMILES string of the molecule is CCCC/C=C\CCCCCCCC(=O)OCCCCCCCCCCCCCC/C=C\CCCCCCCCCCCCCCCCCCCC(=O)NC(CO)C(O)CCCCCCCCCCCCCCCCCCCCCCCCC. The van der Waals surface area contributed by atoms with Gasteiger partial charge in [-0.25, -0.2) is 0 Å². The number of aliphatic hydroxyl groups is 2. The molecule has 0 aromatic carbocycles. The van der Waals surface area contributed by atoms with E-state index in [0.29, 0.717) is 25.9 Å². The molecule has 0 saturated carbocycles. The maximum atomic E-state index is 12.6. The van der Waals surface area contributed by atoms with Gasteiger partial charge in [0.1, 0.15) is 0 Å².